The number of ether oxygens (including phenoxy) is 1. The zero-order valence-electron chi connectivity index (χ0n) is 17.5. The summed E-state index contributed by atoms with van der Waals surface area (Å²) in [7, 11) is 0. The van der Waals surface area contributed by atoms with E-state index >= 15 is 0 Å². The molecular weight excluding hydrogens is 376 g/mol. The molecule has 2 N–H and O–H groups in total. The number of nitrogen functional groups attached to an aromatic ring is 1. The highest BCUT2D eigenvalue weighted by molar-refractivity contribution is 6.08. The predicted octanol–water partition coefficient (Wildman–Crippen LogP) is 4.98. The molecule has 4 aromatic rings. The van der Waals surface area contributed by atoms with Crippen LogP contribution < -0.4 is 5.73 Å². The fourth-order valence-corrected chi connectivity index (χ4v) is 3.56. The lowest BCUT2D eigenvalue weighted by Gasteiger charge is -2.17. The Morgan fingerprint density at radius 2 is 1.67 bits per heavy atom. The average molecular weight is 402 g/mol. The van der Waals surface area contributed by atoms with Gasteiger partial charge in [0.1, 0.15) is 16.9 Å². The normalized spacial score (nSPS) is 13.4. The van der Waals surface area contributed by atoms with E-state index in [1.54, 1.807) is 0 Å². The first kappa shape index (κ1) is 19.9. The van der Waals surface area contributed by atoms with E-state index in [1.807, 2.05) is 73.0 Å². The lowest BCUT2D eigenvalue weighted by Crippen LogP contribution is -2.15. The molecule has 0 unspecified atom stereocenters. The van der Waals surface area contributed by atoms with Gasteiger partial charge >= 0.3 is 5.97 Å². The Labute approximate surface area is 175 Å². The molecule has 0 aliphatic heterocycles. The monoisotopic (exact) mass is 402 g/mol. The summed E-state index contributed by atoms with van der Waals surface area (Å²) in [5.74, 6) is 0.144. The lowest BCUT2D eigenvalue weighted by molar-refractivity contribution is 0.0450. The van der Waals surface area contributed by atoms with Crippen LogP contribution in [0.1, 0.15) is 49.2 Å². The molecule has 0 radical (unpaired) electrons. The summed E-state index contributed by atoms with van der Waals surface area (Å²) < 4.78 is 7.46. The van der Waals surface area contributed by atoms with Gasteiger partial charge in [-0.1, -0.05) is 62.7 Å². The van der Waals surface area contributed by atoms with Gasteiger partial charge in [0.2, 0.25) is 0 Å². The number of rotatable bonds is 6. The molecule has 6 heteroatoms. The van der Waals surface area contributed by atoms with Crippen molar-refractivity contribution in [3.8, 4) is 0 Å². The maximum atomic E-state index is 13.0. The van der Waals surface area contributed by atoms with E-state index in [9.17, 15) is 4.79 Å². The van der Waals surface area contributed by atoms with Crippen LogP contribution in [0.3, 0.4) is 0 Å². The van der Waals surface area contributed by atoms with Crippen LogP contribution in [-0.2, 0) is 4.74 Å². The van der Waals surface area contributed by atoms with Crippen molar-refractivity contribution in [1.82, 2.24) is 14.5 Å². The SMILES string of the molecule is CC[C@@H](C)COC(=O)c1c(N)n([C@H](C)c2ccccc2)c2nc3ccccc3nc12. The van der Waals surface area contributed by atoms with Gasteiger partial charge in [0.05, 0.1) is 23.7 Å². The number of hydrogen-bond donors (Lipinski definition) is 1. The molecule has 30 heavy (non-hydrogen) atoms. The number of carbonyl (C=O) groups is 1. The lowest BCUT2D eigenvalue weighted by atomic mass is 10.1. The van der Waals surface area contributed by atoms with Gasteiger partial charge in [0, 0.05) is 0 Å². The Morgan fingerprint density at radius 3 is 2.33 bits per heavy atom. The predicted molar refractivity (Wildman–Crippen MR) is 119 cm³/mol. The van der Waals surface area contributed by atoms with Gasteiger partial charge in [-0.05, 0) is 30.5 Å². The largest absolute Gasteiger partial charge is 0.462 e. The third-order valence-corrected chi connectivity index (χ3v) is 5.60. The van der Waals surface area contributed by atoms with Gasteiger partial charge in [-0.15, -0.1) is 0 Å². The van der Waals surface area contributed by atoms with Crippen LogP contribution in [0, 0.1) is 5.92 Å². The van der Waals surface area contributed by atoms with Gasteiger partial charge in [0.25, 0.3) is 0 Å². The number of hydrogen-bond acceptors (Lipinski definition) is 5. The molecule has 0 aliphatic rings. The van der Waals surface area contributed by atoms with Crippen molar-refractivity contribution in [2.45, 2.75) is 33.2 Å². The summed E-state index contributed by atoms with van der Waals surface area (Å²) >= 11 is 0. The van der Waals surface area contributed by atoms with Crippen molar-refractivity contribution in [2.24, 2.45) is 5.92 Å². The summed E-state index contributed by atoms with van der Waals surface area (Å²) in [6.07, 6.45) is 0.931. The summed E-state index contributed by atoms with van der Waals surface area (Å²) in [6.45, 7) is 6.50. The highest BCUT2D eigenvalue weighted by atomic mass is 16.5. The van der Waals surface area contributed by atoms with E-state index in [1.165, 1.54) is 0 Å². The highest BCUT2D eigenvalue weighted by Crippen LogP contribution is 2.33. The van der Waals surface area contributed by atoms with E-state index in [2.05, 4.69) is 6.92 Å². The molecule has 2 atom stereocenters. The quantitative estimate of drug-likeness (QED) is 0.460. The van der Waals surface area contributed by atoms with Gasteiger partial charge in [-0.2, -0.15) is 0 Å². The van der Waals surface area contributed by atoms with Gasteiger partial charge < -0.3 is 15.0 Å². The van der Waals surface area contributed by atoms with Crippen molar-refractivity contribution in [2.75, 3.05) is 12.3 Å². The molecule has 2 aromatic heterocycles. The number of fused-ring (bicyclic) bond motifs is 2. The van der Waals surface area contributed by atoms with E-state index in [0.717, 1.165) is 17.5 Å². The fraction of sp³-hybridized carbons (Fsp3) is 0.292. The van der Waals surface area contributed by atoms with Crippen LogP contribution in [0.2, 0.25) is 0 Å². The van der Waals surface area contributed by atoms with Crippen LogP contribution in [0.15, 0.2) is 54.6 Å². The Hall–Kier alpha value is -3.41. The average Bonchev–Trinajstić information content (AvgIpc) is 3.06. The number of nitrogens with zero attached hydrogens (tertiary/aromatic N) is 3. The van der Waals surface area contributed by atoms with Crippen LogP contribution in [0.4, 0.5) is 5.82 Å². The molecule has 0 saturated carbocycles. The third kappa shape index (κ3) is 3.49. The number of benzene rings is 2. The number of para-hydroxylation sites is 2. The summed E-state index contributed by atoms with van der Waals surface area (Å²) in [4.78, 5) is 22.6. The van der Waals surface area contributed by atoms with Gasteiger partial charge in [0.15, 0.2) is 5.65 Å². The number of carbonyl (C=O) groups excluding carboxylic acids is 1. The molecular formula is C24H26N4O2. The standard InChI is InChI=1S/C24H26N4O2/c1-4-15(2)14-30-24(29)20-21-23(27-19-13-9-8-12-18(19)26-21)28(22(20)25)16(3)17-10-6-5-7-11-17/h5-13,15-16H,4,14,25H2,1-3H3/t15-,16-/m1/s1. The molecule has 154 valence electrons. The molecule has 0 bridgehead atoms. The smallest absolute Gasteiger partial charge is 0.344 e. The Balaban J connectivity index is 1.91. The number of nitrogens with two attached hydrogens (primary N) is 1. The van der Waals surface area contributed by atoms with Crippen molar-refractivity contribution >= 4 is 34.0 Å². The molecule has 0 saturated heterocycles. The molecule has 2 aromatic carbocycles. The van der Waals surface area contributed by atoms with Crippen LogP contribution in [0.5, 0.6) is 0 Å². The first-order chi connectivity index (χ1) is 14.5. The van der Waals surface area contributed by atoms with E-state index in [-0.39, 0.29) is 17.5 Å². The maximum absolute atomic E-state index is 13.0. The first-order valence-electron chi connectivity index (χ1n) is 10.3. The van der Waals surface area contributed by atoms with E-state index in [0.29, 0.717) is 29.1 Å². The van der Waals surface area contributed by atoms with Gasteiger partial charge in [-0.25, -0.2) is 14.8 Å². The Kier molecular flexibility index (Phi) is 5.40. The molecule has 0 amide bonds. The Morgan fingerprint density at radius 1 is 1.03 bits per heavy atom. The second-order valence-corrected chi connectivity index (χ2v) is 7.71. The third-order valence-electron chi connectivity index (χ3n) is 5.60. The zero-order valence-corrected chi connectivity index (χ0v) is 17.5. The van der Waals surface area contributed by atoms with Crippen molar-refractivity contribution in [3.63, 3.8) is 0 Å². The highest BCUT2D eigenvalue weighted by Gasteiger charge is 2.28. The number of anilines is 1. The summed E-state index contributed by atoms with van der Waals surface area (Å²) in [6, 6.07) is 17.5. The van der Waals surface area contributed by atoms with Crippen molar-refractivity contribution in [3.05, 3.63) is 65.7 Å². The van der Waals surface area contributed by atoms with E-state index < -0.39 is 5.97 Å². The maximum Gasteiger partial charge on any atom is 0.344 e. The molecule has 0 fully saturated rings. The molecule has 0 aliphatic carbocycles. The second-order valence-electron chi connectivity index (χ2n) is 7.71. The Bertz CT molecular complexity index is 1200. The van der Waals surface area contributed by atoms with Crippen LogP contribution >= 0.6 is 0 Å². The van der Waals surface area contributed by atoms with Crippen LogP contribution in [-0.4, -0.2) is 27.1 Å². The molecule has 6 nitrogen and oxygen atoms in total. The minimum Gasteiger partial charge on any atom is -0.462 e. The fourth-order valence-electron chi connectivity index (χ4n) is 3.56. The first-order valence-corrected chi connectivity index (χ1v) is 10.3. The topological polar surface area (TPSA) is 83.0 Å². The minimum atomic E-state index is -0.457. The van der Waals surface area contributed by atoms with Gasteiger partial charge in [-0.3, -0.25) is 0 Å². The molecule has 2 heterocycles. The summed E-state index contributed by atoms with van der Waals surface area (Å²) in [5, 5.41) is 0. The summed E-state index contributed by atoms with van der Waals surface area (Å²) in [5.41, 5.74) is 10.4. The van der Waals surface area contributed by atoms with Crippen molar-refractivity contribution in [1.29, 1.82) is 0 Å². The van der Waals surface area contributed by atoms with Crippen LogP contribution in [0.25, 0.3) is 22.2 Å². The second kappa shape index (κ2) is 8.14. The molecule has 4 rings (SSSR count). The van der Waals surface area contributed by atoms with Crippen molar-refractivity contribution < 1.29 is 9.53 Å². The van der Waals surface area contributed by atoms with E-state index in [4.69, 9.17) is 20.4 Å². The number of aromatic nitrogens is 3. The minimum absolute atomic E-state index is 0.125. The zero-order chi connectivity index (χ0) is 21.3. The number of esters is 1. The molecule has 0 spiro atoms.